The maximum atomic E-state index is 11.2. The van der Waals surface area contributed by atoms with Gasteiger partial charge in [0.15, 0.2) is 5.75 Å². The SMILES string of the molecule is CCCCOc1ccc(OCCCC(=O)OCC)c([N+](=O)[O-])c1. The highest BCUT2D eigenvalue weighted by Gasteiger charge is 2.17. The van der Waals surface area contributed by atoms with E-state index in [1.165, 1.54) is 12.1 Å². The van der Waals surface area contributed by atoms with Gasteiger partial charge in [0.05, 0.1) is 30.8 Å². The number of carbonyl (C=O) groups excluding carboxylic acids is 1. The molecule has 0 aliphatic rings. The summed E-state index contributed by atoms with van der Waals surface area (Å²) in [6.45, 7) is 4.84. The Morgan fingerprint density at radius 2 is 1.91 bits per heavy atom. The number of nitrogens with zero attached hydrogens (tertiary/aromatic N) is 1. The van der Waals surface area contributed by atoms with Gasteiger partial charge in [-0.3, -0.25) is 14.9 Å². The lowest BCUT2D eigenvalue weighted by Crippen LogP contribution is -2.07. The largest absolute Gasteiger partial charge is 0.493 e. The van der Waals surface area contributed by atoms with Gasteiger partial charge in [0.2, 0.25) is 0 Å². The lowest BCUT2D eigenvalue weighted by molar-refractivity contribution is -0.385. The fourth-order valence-electron chi connectivity index (χ4n) is 1.82. The Hall–Kier alpha value is -2.31. The molecule has 0 amide bonds. The first-order valence-corrected chi connectivity index (χ1v) is 7.78. The molecule has 7 nitrogen and oxygen atoms in total. The van der Waals surface area contributed by atoms with Crippen LogP contribution in [0.1, 0.15) is 39.5 Å². The number of hydrogen-bond donors (Lipinski definition) is 0. The zero-order chi connectivity index (χ0) is 17.1. The van der Waals surface area contributed by atoms with Crippen molar-refractivity contribution in [2.75, 3.05) is 19.8 Å². The molecule has 0 spiro atoms. The molecule has 0 heterocycles. The van der Waals surface area contributed by atoms with Crippen LogP contribution < -0.4 is 9.47 Å². The minimum Gasteiger partial charge on any atom is -0.493 e. The molecule has 1 rings (SSSR count). The Morgan fingerprint density at radius 1 is 1.17 bits per heavy atom. The molecule has 23 heavy (non-hydrogen) atoms. The number of carbonyl (C=O) groups is 1. The highest BCUT2D eigenvalue weighted by atomic mass is 16.6. The summed E-state index contributed by atoms with van der Waals surface area (Å²) >= 11 is 0. The Bertz CT molecular complexity index is 517. The molecular weight excluding hydrogens is 302 g/mol. The molecule has 0 aliphatic carbocycles. The van der Waals surface area contributed by atoms with E-state index in [1.54, 1.807) is 13.0 Å². The van der Waals surface area contributed by atoms with E-state index in [9.17, 15) is 14.9 Å². The third-order valence-electron chi connectivity index (χ3n) is 2.98. The standard InChI is InChI=1S/C16H23NO6/c1-3-5-10-22-13-8-9-15(14(12-13)17(19)20)23-11-6-7-16(18)21-4-2/h8-9,12H,3-7,10-11H2,1-2H3. The van der Waals surface area contributed by atoms with Crippen molar-refractivity contribution in [3.05, 3.63) is 28.3 Å². The maximum absolute atomic E-state index is 11.2. The number of rotatable bonds is 11. The third kappa shape index (κ3) is 6.99. The first-order valence-electron chi connectivity index (χ1n) is 7.78. The normalized spacial score (nSPS) is 10.2. The Kier molecular flexibility index (Phi) is 8.49. The van der Waals surface area contributed by atoms with Crippen molar-refractivity contribution in [2.45, 2.75) is 39.5 Å². The summed E-state index contributed by atoms with van der Waals surface area (Å²) in [5, 5.41) is 11.1. The van der Waals surface area contributed by atoms with Crippen LogP contribution in [0.25, 0.3) is 0 Å². The second-order valence-corrected chi connectivity index (χ2v) is 4.85. The van der Waals surface area contributed by atoms with Crippen LogP contribution >= 0.6 is 0 Å². The van der Waals surface area contributed by atoms with Crippen LogP contribution in [0.2, 0.25) is 0 Å². The topological polar surface area (TPSA) is 87.9 Å². The quantitative estimate of drug-likeness (QED) is 0.268. The van der Waals surface area contributed by atoms with E-state index < -0.39 is 4.92 Å². The number of esters is 1. The van der Waals surface area contributed by atoms with Crippen LogP contribution in [-0.2, 0) is 9.53 Å². The lowest BCUT2D eigenvalue weighted by Gasteiger charge is -2.09. The molecule has 0 unspecified atom stereocenters. The van der Waals surface area contributed by atoms with E-state index in [4.69, 9.17) is 14.2 Å². The fourth-order valence-corrected chi connectivity index (χ4v) is 1.82. The Balaban J connectivity index is 2.56. The molecule has 1 aromatic carbocycles. The third-order valence-corrected chi connectivity index (χ3v) is 2.98. The lowest BCUT2D eigenvalue weighted by atomic mass is 10.2. The minimum atomic E-state index is -0.507. The maximum Gasteiger partial charge on any atom is 0.314 e. The van der Waals surface area contributed by atoms with Gasteiger partial charge in [-0.1, -0.05) is 13.3 Å². The van der Waals surface area contributed by atoms with Crippen LogP contribution in [0.3, 0.4) is 0 Å². The van der Waals surface area contributed by atoms with Gasteiger partial charge in [-0.15, -0.1) is 0 Å². The summed E-state index contributed by atoms with van der Waals surface area (Å²) in [5.74, 6) is 0.316. The molecule has 0 bridgehead atoms. The summed E-state index contributed by atoms with van der Waals surface area (Å²) in [5.41, 5.74) is -0.143. The summed E-state index contributed by atoms with van der Waals surface area (Å²) < 4.78 is 15.7. The second kappa shape index (κ2) is 10.4. The molecule has 0 aliphatic heterocycles. The molecule has 1 aromatic rings. The van der Waals surface area contributed by atoms with Crippen molar-refractivity contribution < 1.29 is 23.9 Å². The highest BCUT2D eigenvalue weighted by molar-refractivity contribution is 5.69. The molecule has 0 N–H and O–H groups in total. The number of ether oxygens (including phenoxy) is 3. The molecule has 0 saturated heterocycles. The van der Waals surface area contributed by atoms with E-state index in [0.29, 0.717) is 25.4 Å². The monoisotopic (exact) mass is 325 g/mol. The van der Waals surface area contributed by atoms with E-state index in [2.05, 4.69) is 0 Å². The first-order chi connectivity index (χ1) is 11.1. The average molecular weight is 325 g/mol. The minimum absolute atomic E-state index is 0.143. The predicted molar refractivity (Wildman–Crippen MR) is 84.9 cm³/mol. The second-order valence-electron chi connectivity index (χ2n) is 4.85. The zero-order valence-electron chi connectivity index (χ0n) is 13.6. The predicted octanol–water partition coefficient (Wildman–Crippen LogP) is 3.50. The van der Waals surface area contributed by atoms with Crippen molar-refractivity contribution in [1.82, 2.24) is 0 Å². The van der Waals surface area contributed by atoms with Crippen LogP contribution in [0, 0.1) is 10.1 Å². The van der Waals surface area contributed by atoms with Gasteiger partial charge >= 0.3 is 11.7 Å². The summed E-state index contributed by atoms with van der Waals surface area (Å²) in [6, 6.07) is 4.52. The molecule has 0 fully saturated rings. The smallest absolute Gasteiger partial charge is 0.314 e. The molecule has 128 valence electrons. The number of benzene rings is 1. The van der Waals surface area contributed by atoms with E-state index in [0.717, 1.165) is 12.8 Å². The van der Waals surface area contributed by atoms with Gasteiger partial charge in [0, 0.05) is 6.42 Å². The van der Waals surface area contributed by atoms with E-state index in [-0.39, 0.29) is 30.4 Å². The number of nitro benzene ring substituents is 1. The van der Waals surface area contributed by atoms with Crippen LogP contribution in [0.5, 0.6) is 11.5 Å². The van der Waals surface area contributed by atoms with Gasteiger partial charge in [-0.05, 0) is 31.9 Å². The Labute approximate surface area is 135 Å². The van der Waals surface area contributed by atoms with Crippen molar-refractivity contribution in [3.8, 4) is 11.5 Å². The van der Waals surface area contributed by atoms with Crippen molar-refractivity contribution in [2.24, 2.45) is 0 Å². The number of nitro groups is 1. The van der Waals surface area contributed by atoms with Crippen LogP contribution in [0.4, 0.5) is 5.69 Å². The molecule has 0 aromatic heterocycles. The molecule has 7 heteroatoms. The average Bonchev–Trinajstić information content (AvgIpc) is 2.52. The first kappa shape index (κ1) is 18.7. The Morgan fingerprint density at radius 3 is 2.57 bits per heavy atom. The number of hydrogen-bond acceptors (Lipinski definition) is 6. The summed E-state index contributed by atoms with van der Waals surface area (Å²) in [4.78, 5) is 21.8. The van der Waals surface area contributed by atoms with E-state index >= 15 is 0 Å². The van der Waals surface area contributed by atoms with Gasteiger partial charge in [-0.2, -0.15) is 0 Å². The van der Waals surface area contributed by atoms with Crippen LogP contribution in [-0.4, -0.2) is 30.7 Å². The van der Waals surface area contributed by atoms with Crippen molar-refractivity contribution >= 4 is 11.7 Å². The van der Waals surface area contributed by atoms with Gasteiger partial charge in [0.25, 0.3) is 0 Å². The molecule has 0 atom stereocenters. The van der Waals surface area contributed by atoms with Gasteiger partial charge in [-0.25, -0.2) is 0 Å². The van der Waals surface area contributed by atoms with E-state index in [1.807, 2.05) is 6.92 Å². The molecule has 0 radical (unpaired) electrons. The molecule has 0 saturated carbocycles. The van der Waals surface area contributed by atoms with Crippen LogP contribution in [0.15, 0.2) is 18.2 Å². The van der Waals surface area contributed by atoms with Crippen molar-refractivity contribution in [3.63, 3.8) is 0 Å². The molecular formula is C16H23NO6. The fraction of sp³-hybridized carbons (Fsp3) is 0.562. The highest BCUT2D eigenvalue weighted by Crippen LogP contribution is 2.31. The zero-order valence-corrected chi connectivity index (χ0v) is 13.6. The summed E-state index contributed by atoms with van der Waals surface area (Å²) in [7, 11) is 0. The number of unbranched alkanes of at least 4 members (excludes halogenated alkanes) is 1. The van der Waals surface area contributed by atoms with Gasteiger partial charge < -0.3 is 14.2 Å². The summed E-state index contributed by atoms with van der Waals surface area (Å²) in [6.07, 6.45) is 2.54. The van der Waals surface area contributed by atoms with Crippen molar-refractivity contribution in [1.29, 1.82) is 0 Å². The van der Waals surface area contributed by atoms with Gasteiger partial charge in [0.1, 0.15) is 5.75 Å².